The maximum atomic E-state index is 8.34. The first kappa shape index (κ1) is 26.9. The lowest BCUT2D eigenvalue weighted by Crippen LogP contribution is -1.95. The molecule has 1 aromatic heterocycles. The van der Waals surface area contributed by atoms with Gasteiger partial charge in [-0.25, -0.2) is 4.85 Å². The molecule has 9 rings (SSSR count). The monoisotopic (exact) mass is 596 g/mol. The number of rotatable bonds is 4. The Kier molecular flexibility index (Phi) is 6.23. The molecule has 0 saturated heterocycles. The van der Waals surface area contributed by atoms with Crippen LogP contribution in [0.5, 0.6) is 0 Å². The largest absolute Gasteiger partial charge is 0.309 e. The standard InChI is InChI=1S/C45H28N2/c1-46-40-26-14-25-33(31-17-13-18-32(29-31)47-41-27-11-9-19-34(41)35-20-10-12-28-42(35)47)45(40)44-38-23-7-5-21-36(38)43(30-15-3-2-4-16-30)37-22-6-8-24-39(37)44/h2-29H. The van der Waals surface area contributed by atoms with Gasteiger partial charge in [-0.3, -0.25) is 0 Å². The van der Waals surface area contributed by atoms with Crippen LogP contribution in [0.4, 0.5) is 5.69 Å². The zero-order chi connectivity index (χ0) is 31.3. The van der Waals surface area contributed by atoms with E-state index < -0.39 is 0 Å². The Labute approximate surface area is 273 Å². The van der Waals surface area contributed by atoms with E-state index in [1.54, 1.807) is 0 Å². The summed E-state index contributed by atoms with van der Waals surface area (Å²) in [6, 6.07) is 60.1. The Hall–Kier alpha value is -6.43. The minimum Gasteiger partial charge on any atom is -0.309 e. The van der Waals surface area contributed by atoms with Gasteiger partial charge >= 0.3 is 0 Å². The maximum Gasteiger partial charge on any atom is 0.195 e. The molecule has 0 saturated carbocycles. The third-order valence-corrected chi connectivity index (χ3v) is 9.40. The molecule has 0 bridgehead atoms. The van der Waals surface area contributed by atoms with E-state index in [1.807, 2.05) is 12.1 Å². The first-order chi connectivity index (χ1) is 23.3. The van der Waals surface area contributed by atoms with E-state index in [4.69, 9.17) is 6.57 Å². The molecule has 1 heterocycles. The lowest BCUT2D eigenvalue weighted by Gasteiger charge is -2.21. The van der Waals surface area contributed by atoms with Gasteiger partial charge in [0, 0.05) is 16.5 Å². The van der Waals surface area contributed by atoms with E-state index in [0.717, 1.165) is 38.7 Å². The Morgan fingerprint density at radius 3 is 1.47 bits per heavy atom. The van der Waals surface area contributed by atoms with E-state index in [-0.39, 0.29) is 0 Å². The molecule has 0 aliphatic carbocycles. The molecule has 0 N–H and O–H groups in total. The first-order valence-electron chi connectivity index (χ1n) is 15.9. The molecule has 0 atom stereocenters. The van der Waals surface area contributed by atoms with E-state index >= 15 is 0 Å². The van der Waals surface area contributed by atoms with E-state index in [9.17, 15) is 0 Å². The van der Waals surface area contributed by atoms with Crippen LogP contribution in [0.1, 0.15) is 0 Å². The molecule has 218 valence electrons. The van der Waals surface area contributed by atoms with Crippen LogP contribution in [-0.2, 0) is 0 Å². The summed E-state index contributed by atoms with van der Waals surface area (Å²) in [6.45, 7) is 8.34. The topological polar surface area (TPSA) is 9.29 Å². The van der Waals surface area contributed by atoms with Gasteiger partial charge in [-0.1, -0.05) is 146 Å². The molecule has 0 aliphatic rings. The third-order valence-electron chi connectivity index (χ3n) is 9.40. The number of fused-ring (bicyclic) bond motifs is 5. The Morgan fingerprint density at radius 2 is 0.872 bits per heavy atom. The van der Waals surface area contributed by atoms with Crippen molar-refractivity contribution in [2.24, 2.45) is 0 Å². The van der Waals surface area contributed by atoms with Crippen molar-refractivity contribution in [2.45, 2.75) is 0 Å². The summed E-state index contributed by atoms with van der Waals surface area (Å²) in [5.41, 5.74) is 10.7. The van der Waals surface area contributed by atoms with Gasteiger partial charge in [0.2, 0.25) is 0 Å². The number of aromatic nitrogens is 1. The second kappa shape index (κ2) is 10.9. The highest BCUT2D eigenvalue weighted by Crippen LogP contribution is 2.49. The van der Waals surface area contributed by atoms with E-state index in [2.05, 4.69) is 167 Å². The number of hydrogen-bond donors (Lipinski definition) is 0. The SMILES string of the molecule is [C-]#[N+]c1cccc(-c2cccc(-n3c4ccccc4c4ccccc43)c2)c1-c1c2ccccc2c(-c2ccccc2)c2ccccc12. The van der Waals surface area contributed by atoms with Gasteiger partial charge in [-0.2, -0.15) is 0 Å². The van der Waals surface area contributed by atoms with E-state index in [1.165, 1.54) is 43.7 Å². The first-order valence-corrected chi connectivity index (χ1v) is 15.9. The minimum absolute atomic E-state index is 0.646. The van der Waals surface area contributed by atoms with Crippen molar-refractivity contribution in [3.63, 3.8) is 0 Å². The summed E-state index contributed by atoms with van der Waals surface area (Å²) in [6.07, 6.45) is 0. The van der Waals surface area contributed by atoms with Crippen LogP contribution in [0.25, 0.3) is 87.3 Å². The van der Waals surface area contributed by atoms with Crippen molar-refractivity contribution in [3.05, 3.63) is 181 Å². The average Bonchev–Trinajstić information content (AvgIpc) is 3.48. The number of hydrogen-bond acceptors (Lipinski definition) is 0. The van der Waals surface area contributed by atoms with Crippen molar-refractivity contribution in [2.75, 3.05) is 0 Å². The highest BCUT2D eigenvalue weighted by Gasteiger charge is 2.21. The fraction of sp³-hybridized carbons (Fsp3) is 0. The van der Waals surface area contributed by atoms with Gasteiger partial charge in [0.1, 0.15) is 0 Å². The van der Waals surface area contributed by atoms with Crippen LogP contribution in [0.15, 0.2) is 170 Å². The van der Waals surface area contributed by atoms with Gasteiger partial charge in [0.25, 0.3) is 0 Å². The van der Waals surface area contributed by atoms with Crippen LogP contribution in [0.2, 0.25) is 0 Å². The molecule has 0 unspecified atom stereocenters. The summed E-state index contributed by atoms with van der Waals surface area (Å²) in [5.74, 6) is 0. The van der Waals surface area contributed by atoms with Crippen LogP contribution in [-0.4, -0.2) is 4.57 Å². The minimum atomic E-state index is 0.646. The maximum absolute atomic E-state index is 8.34. The predicted octanol–water partition coefficient (Wildman–Crippen LogP) is 12.6. The molecule has 0 radical (unpaired) electrons. The third kappa shape index (κ3) is 4.18. The summed E-state index contributed by atoms with van der Waals surface area (Å²) in [4.78, 5) is 4.13. The van der Waals surface area contributed by atoms with Crippen LogP contribution in [0.3, 0.4) is 0 Å². The van der Waals surface area contributed by atoms with Crippen molar-refractivity contribution in [1.82, 2.24) is 4.57 Å². The zero-order valence-electron chi connectivity index (χ0n) is 25.6. The molecule has 8 aromatic carbocycles. The molecule has 0 aliphatic heterocycles. The summed E-state index contributed by atoms with van der Waals surface area (Å²) in [5, 5.41) is 7.11. The lowest BCUT2D eigenvalue weighted by molar-refractivity contribution is 1.18. The molecule has 0 amide bonds. The molecule has 47 heavy (non-hydrogen) atoms. The second-order valence-electron chi connectivity index (χ2n) is 11.9. The molecular weight excluding hydrogens is 569 g/mol. The summed E-state index contributed by atoms with van der Waals surface area (Å²) >= 11 is 0. The Morgan fingerprint density at radius 1 is 0.383 bits per heavy atom. The van der Waals surface area contributed by atoms with Gasteiger partial charge in [-0.05, 0) is 79.2 Å². The molecule has 9 aromatic rings. The van der Waals surface area contributed by atoms with Crippen LogP contribution < -0.4 is 0 Å². The molecule has 2 heteroatoms. The number of nitrogens with zero attached hydrogens (tertiary/aromatic N) is 2. The number of benzene rings is 8. The van der Waals surface area contributed by atoms with Crippen molar-refractivity contribution >= 4 is 49.0 Å². The summed E-state index contributed by atoms with van der Waals surface area (Å²) in [7, 11) is 0. The van der Waals surface area contributed by atoms with E-state index in [0.29, 0.717) is 5.69 Å². The Balaban J connectivity index is 1.35. The second-order valence-corrected chi connectivity index (χ2v) is 11.9. The quantitative estimate of drug-likeness (QED) is 0.141. The smallest absolute Gasteiger partial charge is 0.195 e. The van der Waals surface area contributed by atoms with Gasteiger partial charge in [0.05, 0.1) is 17.6 Å². The Bertz CT molecular complexity index is 2580. The summed E-state index contributed by atoms with van der Waals surface area (Å²) < 4.78 is 2.35. The van der Waals surface area contributed by atoms with Crippen LogP contribution in [0, 0.1) is 6.57 Å². The zero-order valence-corrected chi connectivity index (χ0v) is 25.6. The van der Waals surface area contributed by atoms with Gasteiger partial charge < -0.3 is 4.57 Å². The van der Waals surface area contributed by atoms with Crippen LogP contribution >= 0.6 is 0 Å². The number of para-hydroxylation sites is 2. The molecular formula is C45H28N2. The molecule has 0 spiro atoms. The normalized spacial score (nSPS) is 11.4. The highest BCUT2D eigenvalue weighted by molar-refractivity contribution is 6.23. The predicted molar refractivity (Wildman–Crippen MR) is 198 cm³/mol. The fourth-order valence-electron chi connectivity index (χ4n) is 7.46. The van der Waals surface area contributed by atoms with Gasteiger partial charge in [-0.15, -0.1) is 0 Å². The molecule has 2 nitrogen and oxygen atoms in total. The molecule has 0 fully saturated rings. The van der Waals surface area contributed by atoms with Crippen molar-refractivity contribution in [3.8, 4) is 39.1 Å². The van der Waals surface area contributed by atoms with Gasteiger partial charge in [0.15, 0.2) is 5.69 Å². The van der Waals surface area contributed by atoms with Crippen molar-refractivity contribution < 1.29 is 0 Å². The lowest BCUT2D eigenvalue weighted by atomic mass is 9.83. The fourth-order valence-corrected chi connectivity index (χ4v) is 7.46. The van der Waals surface area contributed by atoms with Crippen molar-refractivity contribution in [1.29, 1.82) is 0 Å². The average molecular weight is 597 g/mol. The highest BCUT2D eigenvalue weighted by atomic mass is 15.0.